The third kappa shape index (κ3) is 3.84. The number of nitrogens with one attached hydrogen (secondary N) is 2. The molecule has 0 aliphatic heterocycles. The molecule has 8 heteroatoms. The van der Waals surface area contributed by atoms with Crippen LogP contribution in [0.1, 0.15) is 55.4 Å². The van der Waals surface area contributed by atoms with Crippen molar-refractivity contribution in [2.24, 2.45) is 23.2 Å². The fraction of sp³-hybridized carbons (Fsp3) is 0.636. The van der Waals surface area contributed by atoms with Gasteiger partial charge in [-0.1, -0.05) is 11.8 Å². The molecule has 2 N–H and O–H groups in total. The molecule has 6 nitrogen and oxygen atoms in total. The first-order valence-corrected chi connectivity index (χ1v) is 12.6. The van der Waals surface area contributed by atoms with E-state index >= 15 is 0 Å². The number of aromatic nitrogens is 2. The highest BCUT2D eigenvalue weighted by molar-refractivity contribution is 8.00. The van der Waals surface area contributed by atoms with Crippen LogP contribution in [0.4, 0.5) is 0 Å². The zero-order valence-corrected chi connectivity index (χ0v) is 19.1. The van der Waals surface area contributed by atoms with Crippen molar-refractivity contribution >= 4 is 45.1 Å². The Hall–Kier alpha value is -1.67. The van der Waals surface area contributed by atoms with Gasteiger partial charge in [0, 0.05) is 16.7 Å². The average Bonchev–Trinajstić information content (AvgIpc) is 2.98. The fourth-order valence-electron chi connectivity index (χ4n) is 6.46. The summed E-state index contributed by atoms with van der Waals surface area (Å²) in [6, 6.07) is 0. The molecule has 30 heavy (non-hydrogen) atoms. The van der Waals surface area contributed by atoms with Gasteiger partial charge in [0.05, 0.1) is 5.75 Å². The van der Waals surface area contributed by atoms with E-state index in [9.17, 15) is 9.59 Å². The lowest BCUT2D eigenvalue weighted by Crippen LogP contribution is -2.50. The van der Waals surface area contributed by atoms with Gasteiger partial charge in [0.1, 0.15) is 16.2 Å². The lowest BCUT2D eigenvalue weighted by molar-refractivity contribution is -0.133. The van der Waals surface area contributed by atoms with Crippen LogP contribution < -0.4 is 10.9 Å². The number of carbonyl (C=O) groups is 2. The molecule has 2 heterocycles. The lowest BCUT2D eigenvalue weighted by Gasteiger charge is -2.56. The molecule has 4 saturated carbocycles. The van der Waals surface area contributed by atoms with Gasteiger partial charge in [0.2, 0.25) is 11.8 Å². The zero-order chi connectivity index (χ0) is 20.9. The maximum atomic E-state index is 12.6. The summed E-state index contributed by atoms with van der Waals surface area (Å²) in [5.74, 6) is 2.41. The summed E-state index contributed by atoms with van der Waals surface area (Å²) in [5, 5.41) is 1.85. The maximum absolute atomic E-state index is 12.6. The number of rotatable bonds is 5. The van der Waals surface area contributed by atoms with E-state index in [0.29, 0.717) is 6.42 Å². The number of carbonyl (C=O) groups excluding carboxylic acids is 2. The predicted octanol–water partition coefficient (Wildman–Crippen LogP) is 4.15. The first kappa shape index (κ1) is 20.2. The lowest BCUT2D eigenvalue weighted by atomic mass is 9.49. The highest BCUT2D eigenvalue weighted by Gasteiger charge is 2.51. The summed E-state index contributed by atoms with van der Waals surface area (Å²) in [5.41, 5.74) is 6.62. The Bertz CT molecular complexity index is 967. The Morgan fingerprint density at radius 3 is 2.37 bits per heavy atom. The number of amides is 2. The van der Waals surface area contributed by atoms with Crippen molar-refractivity contribution < 1.29 is 9.59 Å². The van der Waals surface area contributed by atoms with Crippen molar-refractivity contribution in [1.82, 2.24) is 20.8 Å². The van der Waals surface area contributed by atoms with Crippen LogP contribution in [-0.2, 0) is 9.59 Å². The van der Waals surface area contributed by atoms with E-state index < -0.39 is 0 Å². The molecule has 0 radical (unpaired) electrons. The number of hydrazine groups is 1. The van der Waals surface area contributed by atoms with Crippen LogP contribution in [0.5, 0.6) is 0 Å². The quantitative estimate of drug-likeness (QED) is 0.411. The minimum atomic E-state index is -0.213. The van der Waals surface area contributed by atoms with Crippen molar-refractivity contribution in [3.63, 3.8) is 0 Å². The molecule has 160 valence electrons. The zero-order valence-electron chi connectivity index (χ0n) is 17.5. The van der Waals surface area contributed by atoms with E-state index in [2.05, 4.69) is 34.7 Å². The van der Waals surface area contributed by atoms with Crippen molar-refractivity contribution in [3.8, 4) is 0 Å². The highest BCUT2D eigenvalue weighted by atomic mass is 32.2. The average molecular weight is 445 g/mol. The standard InChI is InChI=1S/C22H28N4O2S2/c1-12-13(2)30-21-19(12)20(23-11-24-21)29-10-18(28)26-25-17(27)9-22-6-14-3-15(7-22)5-16(4-14)8-22/h11,14-16H,3-10H2,1-2H3,(H,25,27)(H,26,28). The van der Waals surface area contributed by atoms with E-state index in [1.165, 1.54) is 60.7 Å². The van der Waals surface area contributed by atoms with Crippen LogP contribution in [-0.4, -0.2) is 27.5 Å². The third-order valence-electron chi connectivity index (χ3n) is 7.31. The second-order valence-electron chi connectivity index (χ2n) is 9.62. The van der Waals surface area contributed by atoms with Gasteiger partial charge in [0.25, 0.3) is 0 Å². The number of nitrogens with zero attached hydrogens (tertiary/aromatic N) is 2. The summed E-state index contributed by atoms with van der Waals surface area (Å²) < 4.78 is 0. The molecule has 4 aliphatic rings. The molecule has 0 saturated heterocycles. The molecule has 2 amide bonds. The van der Waals surface area contributed by atoms with Gasteiger partial charge in [-0.15, -0.1) is 11.3 Å². The first-order valence-electron chi connectivity index (χ1n) is 10.8. The Morgan fingerprint density at radius 1 is 1.07 bits per heavy atom. The molecule has 4 fully saturated rings. The van der Waals surface area contributed by atoms with E-state index in [1.54, 1.807) is 17.7 Å². The van der Waals surface area contributed by atoms with Crippen molar-refractivity contribution in [3.05, 3.63) is 16.8 Å². The van der Waals surface area contributed by atoms with Crippen LogP contribution in [0, 0.1) is 37.0 Å². The molecule has 0 spiro atoms. The van der Waals surface area contributed by atoms with E-state index in [1.807, 2.05) is 0 Å². The normalized spacial score (nSPS) is 29.3. The van der Waals surface area contributed by atoms with Gasteiger partial charge in [-0.2, -0.15) is 0 Å². The highest BCUT2D eigenvalue weighted by Crippen LogP contribution is 2.61. The summed E-state index contributed by atoms with van der Waals surface area (Å²) in [4.78, 5) is 35.8. The second-order valence-corrected chi connectivity index (χ2v) is 11.8. The van der Waals surface area contributed by atoms with Gasteiger partial charge in [-0.05, 0) is 81.1 Å². The number of hydrogen-bond donors (Lipinski definition) is 2. The van der Waals surface area contributed by atoms with Crippen molar-refractivity contribution in [2.45, 2.75) is 63.8 Å². The van der Waals surface area contributed by atoms with Gasteiger partial charge in [-0.3, -0.25) is 20.4 Å². The number of aryl methyl sites for hydroxylation is 2. The van der Waals surface area contributed by atoms with E-state index in [-0.39, 0.29) is 23.0 Å². The minimum Gasteiger partial charge on any atom is -0.273 e. The predicted molar refractivity (Wildman–Crippen MR) is 119 cm³/mol. The van der Waals surface area contributed by atoms with Gasteiger partial charge < -0.3 is 0 Å². The Labute approximate surface area is 185 Å². The monoisotopic (exact) mass is 444 g/mol. The third-order valence-corrected chi connectivity index (χ3v) is 9.42. The number of thiophene rings is 1. The van der Waals surface area contributed by atoms with Crippen LogP contribution in [0.25, 0.3) is 10.2 Å². The minimum absolute atomic E-state index is 0.0518. The number of thioether (sulfide) groups is 1. The summed E-state index contributed by atoms with van der Waals surface area (Å²) in [6.07, 6.45) is 9.78. The van der Waals surface area contributed by atoms with Crippen LogP contribution in [0.15, 0.2) is 11.4 Å². The largest absolute Gasteiger partial charge is 0.273 e. The summed E-state index contributed by atoms with van der Waals surface area (Å²) >= 11 is 3.03. The van der Waals surface area contributed by atoms with Gasteiger partial charge in [0.15, 0.2) is 0 Å². The molecule has 6 rings (SSSR count). The molecule has 0 atom stereocenters. The molecule has 0 aromatic carbocycles. The van der Waals surface area contributed by atoms with Gasteiger partial charge in [-0.25, -0.2) is 9.97 Å². The van der Waals surface area contributed by atoms with Crippen LogP contribution in [0.2, 0.25) is 0 Å². The molecular weight excluding hydrogens is 416 g/mol. The fourth-order valence-corrected chi connectivity index (χ4v) is 8.38. The Morgan fingerprint density at radius 2 is 1.70 bits per heavy atom. The smallest absolute Gasteiger partial charge is 0.248 e. The topological polar surface area (TPSA) is 84.0 Å². The van der Waals surface area contributed by atoms with Gasteiger partial charge >= 0.3 is 0 Å². The maximum Gasteiger partial charge on any atom is 0.248 e. The molecule has 2 aromatic heterocycles. The second kappa shape index (κ2) is 7.79. The summed E-state index contributed by atoms with van der Waals surface area (Å²) in [6.45, 7) is 4.13. The van der Waals surface area contributed by atoms with E-state index in [4.69, 9.17) is 0 Å². The molecular formula is C22H28N4O2S2. The summed E-state index contributed by atoms with van der Waals surface area (Å²) in [7, 11) is 0. The Kier molecular flexibility index (Phi) is 5.25. The molecule has 0 unspecified atom stereocenters. The first-order chi connectivity index (χ1) is 14.4. The molecule has 4 aliphatic carbocycles. The van der Waals surface area contributed by atoms with Crippen molar-refractivity contribution in [2.75, 3.05) is 5.75 Å². The SMILES string of the molecule is Cc1sc2ncnc(SCC(=O)NNC(=O)CC34CC5CC(CC(C5)C3)C4)c2c1C. The number of hydrogen-bond acceptors (Lipinski definition) is 6. The van der Waals surface area contributed by atoms with Crippen LogP contribution >= 0.6 is 23.1 Å². The molecule has 4 bridgehead atoms. The molecule has 2 aromatic rings. The van der Waals surface area contributed by atoms with Crippen LogP contribution in [0.3, 0.4) is 0 Å². The number of fused-ring (bicyclic) bond motifs is 1. The van der Waals surface area contributed by atoms with Crippen molar-refractivity contribution in [1.29, 1.82) is 0 Å². The Balaban J connectivity index is 1.13. The van der Waals surface area contributed by atoms with E-state index in [0.717, 1.165) is 33.0 Å².